The molecule has 35 heavy (non-hydrogen) atoms. The molecule has 1 heterocycles. The van der Waals surface area contributed by atoms with E-state index in [1.807, 2.05) is 0 Å². The van der Waals surface area contributed by atoms with Crippen LogP contribution >= 0.6 is 0 Å². The van der Waals surface area contributed by atoms with Crippen LogP contribution < -0.4 is 21.3 Å². The molecule has 0 saturated heterocycles. The van der Waals surface area contributed by atoms with Crippen LogP contribution in [-0.4, -0.2) is 36.0 Å². The minimum Gasteiger partial charge on any atom is -0.452 e. The molecule has 2 N–H and O–H groups in total. The third-order valence-corrected chi connectivity index (χ3v) is 6.66. The summed E-state index contributed by atoms with van der Waals surface area (Å²) in [7, 11) is -1.35. The van der Waals surface area contributed by atoms with Crippen LogP contribution in [0.5, 0.6) is 0 Å². The van der Waals surface area contributed by atoms with Crippen LogP contribution in [0.4, 0.5) is 11.5 Å². The standard InChI is InChI=1S/C23H24N4O7S/c1-14-9-10-15(2)18(11-14)35(32,33)25-17-8-6-5-7-16(17)22(30)34-13-20(28)24-19-12-21(29)27(4)23(31)26(19)3/h5-12,25H,13H2,1-4H3,(H,24,28). The number of rotatable bonds is 7. The predicted molar refractivity (Wildman–Crippen MR) is 129 cm³/mol. The summed E-state index contributed by atoms with van der Waals surface area (Å²) >= 11 is 0. The smallest absolute Gasteiger partial charge is 0.340 e. The first-order valence-corrected chi connectivity index (χ1v) is 11.8. The number of sulfonamides is 1. The van der Waals surface area contributed by atoms with Crippen molar-refractivity contribution in [2.24, 2.45) is 14.1 Å². The maximum atomic E-state index is 12.9. The molecular weight excluding hydrogens is 476 g/mol. The normalized spacial score (nSPS) is 11.1. The average molecular weight is 501 g/mol. The van der Waals surface area contributed by atoms with E-state index in [-0.39, 0.29) is 22.0 Å². The molecule has 1 amide bonds. The third kappa shape index (κ3) is 5.66. The van der Waals surface area contributed by atoms with Crippen LogP contribution in [0.15, 0.2) is 63.0 Å². The second kappa shape index (κ2) is 9.97. The summed E-state index contributed by atoms with van der Waals surface area (Å²) in [5.41, 5.74) is -0.100. The number of ether oxygens (including phenoxy) is 1. The molecule has 0 bridgehead atoms. The number of carbonyl (C=O) groups excluding carboxylic acids is 2. The number of anilines is 2. The first-order chi connectivity index (χ1) is 16.4. The Morgan fingerprint density at radius 3 is 2.37 bits per heavy atom. The van der Waals surface area contributed by atoms with Crippen molar-refractivity contribution in [1.82, 2.24) is 9.13 Å². The number of carbonyl (C=O) groups is 2. The number of para-hydroxylation sites is 1. The lowest BCUT2D eigenvalue weighted by Gasteiger charge is -2.14. The molecule has 0 saturated carbocycles. The number of hydrogen-bond donors (Lipinski definition) is 2. The number of esters is 1. The molecule has 3 rings (SSSR count). The zero-order valence-corrected chi connectivity index (χ0v) is 20.3. The van der Waals surface area contributed by atoms with Crippen molar-refractivity contribution in [3.05, 3.63) is 86.1 Å². The second-order valence-electron chi connectivity index (χ2n) is 7.81. The van der Waals surface area contributed by atoms with Gasteiger partial charge in [0.2, 0.25) is 0 Å². The van der Waals surface area contributed by atoms with E-state index in [9.17, 15) is 27.6 Å². The number of hydrogen-bond acceptors (Lipinski definition) is 7. The van der Waals surface area contributed by atoms with E-state index in [0.29, 0.717) is 5.56 Å². The molecular formula is C23H24N4O7S. The van der Waals surface area contributed by atoms with E-state index in [0.717, 1.165) is 20.8 Å². The minimum atomic E-state index is -4.01. The maximum absolute atomic E-state index is 12.9. The van der Waals surface area contributed by atoms with E-state index in [4.69, 9.17) is 4.74 Å². The molecule has 0 fully saturated rings. The summed E-state index contributed by atoms with van der Waals surface area (Å²) < 4.78 is 35.2. The zero-order chi connectivity index (χ0) is 25.9. The summed E-state index contributed by atoms with van der Waals surface area (Å²) in [6, 6.07) is 11.9. The first kappa shape index (κ1) is 25.4. The van der Waals surface area contributed by atoms with Gasteiger partial charge in [0.05, 0.1) is 16.1 Å². The van der Waals surface area contributed by atoms with Gasteiger partial charge in [-0.1, -0.05) is 24.3 Å². The number of aryl methyl sites for hydroxylation is 2. The van der Waals surface area contributed by atoms with Crippen LogP contribution in [0.2, 0.25) is 0 Å². The van der Waals surface area contributed by atoms with Gasteiger partial charge in [0.15, 0.2) is 6.61 Å². The summed E-state index contributed by atoms with van der Waals surface area (Å²) in [6.45, 7) is 2.69. The van der Waals surface area contributed by atoms with Crippen LogP contribution in [-0.2, 0) is 33.7 Å². The van der Waals surface area contributed by atoms with E-state index in [1.54, 1.807) is 32.0 Å². The Hall–Kier alpha value is -4.19. The molecule has 0 radical (unpaired) electrons. The molecule has 0 aliphatic carbocycles. The molecule has 1 aromatic heterocycles. The Kier molecular flexibility index (Phi) is 7.25. The quantitative estimate of drug-likeness (QED) is 0.465. The minimum absolute atomic E-state index is 0.0206. The maximum Gasteiger partial charge on any atom is 0.340 e. The van der Waals surface area contributed by atoms with Gasteiger partial charge < -0.3 is 10.1 Å². The van der Waals surface area contributed by atoms with Gasteiger partial charge in [0, 0.05) is 20.2 Å². The van der Waals surface area contributed by atoms with Gasteiger partial charge in [-0.3, -0.25) is 23.4 Å². The van der Waals surface area contributed by atoms with Crippen molar-refractivity contribution in [3.8, 4) is 0 Å². The Balaban J connectivity index is 1.75. The lowest BCUT2D eigenvalue weighted by Crippen LogP contribution is -2.38. The molecule has 11 nitrogen and oxygen atoms in total. The van der Waals surface area contributed by atoms with Crippen molar-refractivity contribution >= 4 is 33.4 Å². The molecule has 184 valence electrons. The van der Waals surface area contributed by atoms with Crippen LogP contribution in [0.3, 0.4) is 0 Å². The first-order valence-electron chi connectivity index (χ1n) is 10.3. The highest BCUT2D eigenvalue weighted by Gasteiger charge is 2.22. The fourth-order valence-electron chi connectivity index (χ4n) is 3.19. The molecule has 12 heteroatoms. The predicted octanol–water partition coefficient (Wildman–Crippen LogP) is 1.30. The molecule has 0 atom stereocenters. The summed E-state index contributed by atoms with van der Waals surface area (Å²) in [5.74, 6) is -1.81. The van der Waals surface area contributed by atoms with E-state index >= 15 is 0 Å². The summed E-state index contributed by atoms with van der Waals surface area (Å²) in [6.07, 6.45) is 0. The van der Waals surface area contributed by atoms with Gasteiger partial charge in [0.1, 0.15) is 5.82 Å². The number of amides is 1. The van der Waals surface area contributed by atoms with Gasteiger partial charge in [-0.15, -0.1) is 0 Å². The lowest BCUT2D eigenvalue weighted by atomic mass is 10.2. The van der Waals surface area contributed by atoms with Gasteiger partial charge >= 0.3 is 11.7 Å². The molecule has 2 aromatic carbocycles. The van der Waals surface area contributed by atoms with Gasteiger partial charge in [-0.05, 0) is 43.2 Å². The Morgan fingerprint density at radius 2 is 1.66 bits per heavy atom. The second-order valence-corrected chi connectivity index (χ2v) is 9.46. The number of nitrogens with one attached hydrogen (secondary N) is 2. The fraction of sp³-hybridized carbons (Fsp3) is 0.217. The van der Waals surface area contributed by atoms with Crippen LogP contribution in [0, 0.1) is 13.8 Å². The Morgan fingerprint density at radius 1 is 0.971 bits per heavy atom. The van der Waals surface area contributed by atoms with Crippen molar-refractivity contribution in [2.75, 3.05) is 16.6 Å². The molecule has 0 spiro atoms. The third-order valence-electron chi connectivity index (χ3n) is 5.15. The van der Waals surface area contributed by atoms with Gasteiger partial charge in [0.25, 0.3) is 21.5 Å². The van der Waals surface area contributed by atoms with Crippen LogP contribution in [0.1, 0.15) is 21.5 Å². The fourth-order valence-corrected chi connectivity index (χ4v) is 4.60. The highest BCUT2D eigenvalue weighted by molar-refractivity contribution is 7.92. The summed E-state index contributed by atoms with van der Waals surface area (Å²) in [4.78, 5) is 48.7. The molecule has 0 aliphatic rings. The van der Waals surface area contributed by atoms with Crippen molar-refractivity contribution in [3.63, 3.8) is 0 Å². The van der Waals surface area contributed by atoms with E-state index in [2.05, 4.69) is 10.0 Å². The monoisotopic (exact) mass is 500 g/mol. The van der Waals surface area contributed by atoms with Crippen molar-refractivity contribution in [1.29, 1.82) is 0 Å². The molecule has 0 aliphatic heterocycles. The largest absolute Gasteiger partial charge is 0.452 e. The lowest BCUT2D eigenvalue weighted by molar-refractivity contribution is -0.119. The van der Waals surface area contributed by atoms with E-state index in [1.165, 1.54) is 38.4 Å². The number of benzene rings is 2. The topological polar surface area (TPSA) is 146 Å². The van der Waals surface area contributed by atoms with Gasteiger partial charge in [-0.2, -0.15) is 0 Å². The Labute approximate surface area is 201 Å². The number of aromatic nitrogens is 2. The van der Waals surface area contributed by atoms with Crippen LogP contribution in [0.25, 0.3) is 0 Å². The highest BCUT2D eigenvalue weighted by atomic mass is 32.2. The zero-order valence-electron chi connectivity index (χ0n) is 19.5. The number of nitrogens with zero attached hydrogens (tertiary/aromatic N) is 2. The molecule has 3 aromatic rings. The SMILES string of the molecule is Cc1ccc(C)c(S(=O)(=O)Nc2ccccc2C(=O)OCC(=O)Nc2cc(=O)n(C)c(=O)n2C)c1. The van der Waals surface area contributed by atoms with E-state index < -0.39 is 39.8 Å². The average Bonchev–Trinajstić information content (AvgIpc) is 2.81. The Bertz CT molecular complexity index is 1540. The van der Waals surface area contributed by atoms with Crippen molar-refractivity contribution in [2.45, 2.75) is 18.7 Å². The molecule has 0 unspecified atom stereocenters. The van der Waals surface area contributed by atoms with Crippen molar-refractivity contribution < 1.29 is 22.7 Å². The highest BCUT2D eigenvalue weighted by Crippen LogP contribution is 2.23. The summed E-state index contributed by atoms with van der Waals surface area (Å²) in [5, 5.41) is 2.33. The van der Waals surface area contributed by atoms with Gasteiger partial charge in [-0.25, -0.2) is 18.0 Å².